The highest BCUT2D eigenvalue weighted by Gasteiger charge is 2.49. The van der Waals surface area contributed by atoms with E-state index in [-0.39, 0.29) is 12.1 Å². The maximum absolute atomic E-state index is 8.74. The summed E-state index contributed by atoms with van der Waals surface area (Å²) in [7, 11) is 0. The van der Waals surface area contributed by atoms with E-state index in [2.05, 4.69) is 6.92 Å². The maximum atomic E-state index is 8.74. The molecule has 2 unspecified atom stereocenters. The number of nitrogens with two attached hydrogens (primary N) is 1. The molecule has 1 saturated carbocycles. The number of hydrogen-bond acceptors (Lipinski definition) is 2. The molecule has 0 radical (unpaired) electrons. The van der Waals surface area contributed by atoms with Crippen LogP contribution in [-0.4, -0.2) is 17.3 Å². The van der Waals surface area contributed by atoms with E-state index in [0.29, 0.717) is 5.92 Å². The second-order valence-corrected chi connectivity index (χ2v) is 3.08. The van der Waals surface area contributed by atoms with Crippen molar-refractivity contribution in [3.8, 4) is 0 Å². The van der Waals surface area contributed by atoms with Crippen LogP contribution < -0.4 is 5.73 Å². The van der Waals surface area contributed by atoms with E-state index in [0.717, 1.165) is 6.42 Å². The van der Waals surface area contributed by atoms with Crippen molar-refractivity contribution < 1.29 is 5.11 Å². The molecule has 0 aromatic rings. The Morgan fingerprint density at radius 3 is 2.78 bits per heavy atom. The van der Waals surface area contributed by atoms with Gasteiger partial charge in [-0.2, -0.15) is 0 Å². The van der Waals surface area contributed by atoms with Crippen molar-refractivity contribution in [1.82, 2.24) is 0 Å². The molecule has 1 rings (SSSR count). The van der Waals surface area contributed by atoms with Crippen LogP contribution in [0.1, 0.15) is 26.2 Å². The standard InChI is InChI=1S/C7H15NO/c1-2-3-6-4-7(6,8)5-9/h6,9H,2-5,8H2,1H3. The molecule has 0 amide bonds. The lowest BCUT2D eigenvalue weighted by Crippen LogP contribution is -2.29. The quantitative estimate of drug-likeness (QED) is 0.582. The summed E-state index contributed by atoms with van der Waals surface area (Å²) in [6.07, 6.45) is 3.39. The predicted octanol–water partition coefficient (Wildman–Crippen LogP) is 0.496. The van der Waals surface area contributed by atoms with Gasteiger partial charge in [0.05, 0.1) is 6.61 Å². The SMILES string of the molecule is CCCC1CC1(N)CO. The highest BCUT2D eigenvalue weighted by molar-refractivity contribution is 5.06. The summed E-state index contributed by atoms with van der Waals surface area (Å²) >= 11 is 0. The Morgan fingerprint density at radius 1 is 1.78 bits per heavy atom. The second kappa shape index (κ2) is 2.27. The van der Waals surface area contributed by atoms with Gasteiger partial charge >= 0.3 is 0 Å². The molecule has 1 aliphatic carbocycles. The van der Waals surface area contributed by atoms with Gasteiger partial charge in [0.15, 0.2) is 0 Å². The highest BCUT2D eigenvalue weighted by atomic mass is 16.3. The van der Waals surface area contributed by atoms with Crippen LogP contribution in [0.2, 0.25) is 0 Å². The fourth-order valence-electron chi connectivity index (χ4n) is 1.33. The lowest BCUT2D eigenvalue weighted by molar-refractivity contribution is 0.245. The molecule has 0 saturated heterocycles. The number of rotatable bonds is 3. The molecule has 9 heavy (non-hydrogen) atoms. The van der Waals surface area contributed by atoms with Crippen molar-refractivity contribution in [3.63, 3.8) is 0 Å². The Balaban J connectivity index is 2.22. The lowest BCUT2D eigenvalue weighted by Gasteiger charge is -2.04. The van der Waals surface area contributed by atoms with E-state index >= 15 is 0 Å². The Kier molecular flexibility index (Phi) is 1.78. The average molecular weight is 129 g/mol. The van der Waals surface area contributed by atoms with Gasteiger partial charge in [0.2, 0.25) is 0 Å². The third kappa shape index (κ3) is 1.25. The van der Waals surface area contributed by atoms with Crippen LogP contribution in [0.15, 0.2) is 0 Å². The minimum atomic E-state index is -0.185. The van der Waals surface area contributed by atoms with Crippen molar-refractivity contribution in [2.24, 2.45) is 11.7 Å². The second-order valence-electron chi connectivity index (χ2n) is 3.08. The molecule has 0 heterocycles. The summed E-state index contributed by atoms with van der Waals surface area (Å²) in [6, 6.07) is 0. The van der Waals surface area contributed by atoms with Gasteiger partial charge in [-0.25, -0.2) is 0 Å². The zero-order valence-corrected chi connectivity index (χ0v) is 5.93. The highest BCUT2D eigenvalue weighted by Crippen LogP contribution is 2.43. The van der Waals surface area contributed by atoms with Gasteiger partial charge in [-0.15, -0.1) is 0 Å². The van der Waals surface area contributed by atoms with Crippen LogP contribution in [0, 0.1) is 5.92 Å². The zero-order chi connectivity index (χ0) is 6.91. The summed E-state index contributed by atoms with van der Waals surface area (Å²) in [5, 5.41) is 8.74. The van der Waals surface area contributed by atoms with E-state index in [4.69, 9.17) is 10.8 Å². The van der Waals surface area contributed by atoms with Crippen LogP contribution in [-0.2, 0) is 0 Å². The minimum absolute atomic E-state index is 0.164. The first kappa shape index (κ1) is 7.03. The van der Waals surface area contributed by atoms with Gasteiger partial charge in [-0.3, -0.25) is 0 Å². The number of aliphatic hydroxyl groups is 1. The molecule has 2 atom stereocenters. The summed E-state index contributed by atoms with van der Waals surface area (Å²) in [5.41, 5.74) is 5.54. The average Bonchev–Trinajstić information content (AvgIpc) is 2.46. The zero-order valence-electron chi connectivity index (χ0n) is 5.93. The van der Waals surface area contributed by atoms with E-state index in [9.17, 15) is 0 Å². The molecule has 3 N–H and O–H groups in total. The van der Waals surface area contributed by atoms with E-state index in [1.54, 1.807) is 0 Å². The van der Waals surface area contributed by atoms with Gasteiger partial charge in [0, 0.05) is 5.54 Å². The Bertz CT molecular complexity index is 103. The third-order valence-corrected chi connectivity index (χ3v) is 2.21. The van der Waals surface area contributed by atoms with Gasteiger partial charge < -0.3 is 10.8 Å². The van der Waals surface area contributed by atoms with Gasteiger partial charge in [-0.1, -0.05) is 13.3 Å². The predicted molar refractivity (Wildman–Crippen MR) is 37.0 cm³/mol. The molecular weight excluding hydrogens is 114 g/mol. The van der Waals surface area contributed by atoms with Crippen molar-refractivity contribution >= 4 is 0 Å². The molecule has 2 nitrogen and oxygen atoms in total. The van der Waals surface area contributed by atoms with Crippen LogP contribution >= 0.6 is 0 Å². The molecule has 0 aliphatic heterocycles. The summed E-state index contributed by atoms with van der Waals surface area (Å²) in [4.78, 5) is 0. The first-order valence-electron chi connectivity index (χ1n) is 3.62. The molecule has 0 spiro atoms. The van der Waals surface area contributed by atoms with Gasteiger partial charge in [-0.05, 0) is 18.8 Å². The number of aliphatic hydroxyl groups excluding tert-OH is 1. The van der Waals surface area contributed by atoms with E-state index in [1.807, 2.05) is 0 Å². The Morgan fingerprint density at radius 2 is 2.44 bits per heavy atom. The van der Waals surface area contributed by atoms with Crippen molar-refractivity contribution in [1.29, 1.82) is 0 Å². The van der Waals surface area contributed by atoms with Gasteiger partial charge in [0.1, 0.15) is 0 Å². The first-order valence-corrected chi connectivity index (χ1v) is 3.62. The van der Waals surface area contributed by atoms with Crippen LogP contribution in [0.25, 0.3) is 0 Å². The van der Waals surface area contributed by atoms with E-state index in [1.165, 1.54) is 12.8 Å². The molecule has 0 aromatic carbocycles. The minimum Gasteiger partial charge on any atom is -0.394 e. The molecule has 1 fully saturated rings. The molecule has 0 aromatic heterocycles. The largest absolute Gasteiger partial charge is 0.394 e. The number of hydrogen-bond donors (Lipinski definition) is 2. The molecule has 0 bridgehead atoms. The fraction of sp³-hybridized carbons (Fsp3) is 1.00. The summed E-state index contributed by atoms with van der Waals surface area (Å²) < 4.78 is 0. The molecule has 1 aliphatic rings. The van der Waals surface area contributed by atoms with Crippen molar-refractivity contribution in [2.45, 2.75) is 31.7 Å². The molecular formula is C7H15NO. The fourth-order valence-corrected chi connectivity index (χ4v) is 1.33. The third-order valence-electron chi connectivity index (χ3n) is 2.21. The monoisotopic (exact) mass is 129 g/mol. The smallest absolute Gasteiger partial charge is 0.0614 e. The Hall–Kier alpha value is -0.0800. The van der Waals surface area contributed by atoms with Crippen molar-refractivity contribution in [2.75, 3.05) is 6.61 Å². The van der Waals surface area contributed by atoms with Crippen molar-refractivity contribution in [3.05, 3.63) is 0 Å². The molecule has 2 heteroatoms. The first-order chi connectivity index (χ1) is 4.23. The normalized spacial score (nSPS) is 41.0. The van der Waals surface area contributed by atoms with Crippen LogP contribution in [0.5, 0.6) is 0 Å². The Labute approximate surface area is 56.1 Å². The van der Waals surface area contributed by atoms with Crippen LogP contribution in [0.3, 0.4) is 0 Å². The lowest BCUT2D eigenvalue weighted by atomic mass is 10.1. The summed E-state index contributed by atoms with van der Waals surface area (Å²) in [6.45, 7) is 2.31. The van der Waals surface area contributed by atoms with Crippen LogP contribution in [0.4, 0.5) is 0 Å². The topological polar surface area (TPSA) is 46.2 Å². The maximum Gasteiger partial charge on any atom is 0.0614 e. The van der Waals surface area contributed by atoms with Gasteiger partial charge in [0.25, 0.3) is 0 Å². The van der Waals surface area contributed by atoms with E-state index < -0.39 is 0 Å². The molecule has 54 valence electrons. The summed E-state index contributed by atoms with van der Waals surface area (Å²) in [5.74, 6) is 0.604.